The highest BCUT2D eigenvalue weighted by molar-refractivity contribution is 5.55. The van der Waals surface area contributed by atoms with Crippen molar-refractivity contribution in [2.45, 2.75) is 13.5 Å². The van der Waals surface area contributed by atoms with Gasteiger partial charge in [0.15, 0.2) is 0 Å². The zero-order chi connectivity index (χ0) is 15.1. The van der Waals surface area contributed by atoms with E-state index in [2.05, 4.69) is 41.0 Å². The Bertz CT molecular complexity index is 562. The van der Waals surface area contributed by atoms with Gasteiger partial charge in [0.05, 0.1) is 12.8 Å². The average Bonchev–Trinajstić information content (AvgIpc) is 2.99. The average molecular weight is 286 g/mol. The van der Waals surface area contributed by atoms with Gasteiger partial charge in [-0.3, -0.25) is 0 Å². The van der Waals surface area contributed by atoms with E-state index >= 15 is 0 Å². The Labute approximate surface area is 125 Å². The SMILES string of the molecule is C=Cn1cc(CNc2ccc(N(CC)CCO)cc2)cn1. The molecule has 0 fully saturated rings. The summed E-state index contributed by atoms with van der Waals surface area (Å²) >= 11 is 0. The van der Waals surface area contributed by atoms with Gasteiger partial charge in [0, 0.05) is 49.0 Å². The third-order valence-electron chi connectivity index (χ3n) is 3.32. The monoisotopic (exact) mass is 286 g/mol. The molecule has 2 rings (SSSR count). The fraction of sp³-hybridized carbons (Fsp3) is 0.312. The minimum atomic E-state index is 0.168. The molecule has 1 aromatic heterocycles. The predicted octanol–water partition coefficient (Wildman–Crippen LogP) is 2.41. The molecule has 0 aliphatic heterocycles. The standard InChI is InChI=1S/C16H22N4O/c1-3-19(9-10-21)16-7-5-15(6-8-16)17-11-14-12-18-20(4-2)13-14/h4-8,12-13,17,21H,2-3,9-11H2,1H3. The highest BCUT2D eigenvalue weighted by Gasteiger charge is 2.03. The van der Waals surface area contributed by atoms with Crippen LogP contribution in [0, 0.1) is 0 Å². The number of rotatable bonds is 8. The Balaban J connectivity index is 1.94. The summed E-state index contributed by atoms with van der Waals surface area (Å²) in [5.41, 5.74) is 3.29. The van der Waals surface area contributed by atoms with Gasteiger partial charge in [0.25, 0.3) is 0 Å². The van der Waals surface area contributed by atoms with Gasteiger partial charge in [-0.2, -0.15) is 5.10 Å². The van der Waals surface area contributed by atoms with E-state index in [9.17, 15) is 0 Å². The van der Waals surface area contributed by atoms with Gasteiger partial charge >= 0.3 is 0 Å². The number of hydrogen-bond donors (Lipinski definition) is 2. The van der Waals surface area contributed by atoms with Gasteiger partial charge < -0.3 is 15.3 Å². The molecular weight excluding hydrogens is 264 g/mol. The first-order valence-corrected chi connectivity index (χ1v) is 7.12. The molecule has 0 unspecified atom stereocenters. The molecule has 0 atom stereocenters. The van der Waals surface area contributed by atoms with Crippen LogP contribution in [-0.2, 0) is 6.54 Å². The highest BCUT2D eigenvalue weighted by atomic mass is 16.3. The van der Waals surface area contributed by atoms with Crippen molar-refractivity contribution in [1.82, 2.24) is 9.78 Å². The highest BCUT2D eigenvalue weighted by Crippen LogP contribution is 2.18. The van der Waals surface area contributed by atoms with Crippen molar-refractivity contribution in [3.63, 3.8) is 0 Å². The summed E-state index contributed by atoms with van der Waals surface area (Å²) in [4.78, 5) is 2.14. The van der Waals surface area contributed by atoms with E-state index in [4.69, 9.17) is 5.11 Å². The van der Waals surface area contributed by atoms with Crippen molar-refractivity contribution in [2.24, 2.45) is 0 Å². The van der Waals surface area contributed by atoms with Crippen molar-refractivity contribution in [1.29, 1.82) is 0 Å². The number of anilines is 2. The Morgan fingerprint density at radius 2 is 2.14 bits per heavy atom. The quantitative estimate of drug-likeness (QED) is 0.782. The molecule has 1 aromatic carbocycles. The second-order valence-electron chi connectivity index (χ2n) is 4.71. The lowest BCUT2D eigenvalue weighted by Crippen LogP contribution is -2.25. The molecule has 112 valence electrons. The van der Waals surface area contributed by atoms with Gasteiger partial charge in [-0.15, -0.1) is 0 Å². The second-order valence-corrected chi connectivity index (χ2v) is 4.71. The molecule has 21 heavy (non-hydrogen) atoms. The maximum atomic E-state index is 9.05. The topological polar surface area (TPSA) is 53.3 Å². The molecular formula is C16H22N4O. The molecule has 2 aromatic rings. The van der Waals surface area contributed by atoms with Gasteiger partial charge in [-0.05, 0) is 31.2 Å². The lowest BCUT2D eigenvalue weighted by Gasteiger charge is -2.22. The molecule has 0 radical (unpaired) electrons. The largest absolute Gasteiger partial charge is 0.395 e. The maximum Gasteiger partial charge on any atom is 0.0606 e. The van der Waals surface area contributed by atoms with Crippen molar-refractivity contribution in [2.75, 3.05) is 29.9 Å². The fourth-order valence-corrected chi connectivity index (χ4v) is 2.15. The molecule has 0 aliphatic carbocycles. The number of aliphatic hydroxyl groups is 1. The van der Waals surface area contributed by atoms with Crippen LogP contribution in [0.15, 0.2) is 43.2 Å². The van der Waals surface area contributed by atoms with Gasteiger partial charge in [0.1, 0.15) is 0 Å². The molecule has 0 amide bonds. The normalized spacial score (nSPS) is 10.4. The van der Waals surface area contributed by atoms with Gasteiger partial charge in [0.2, 0.25) is 0 Å². The Hall–Kier alpha value is -2.27. The van der Waals surface area contributed by atoms with Crippen LogP contribution < -0.4 is 10.2 Å². The molecule has 5 heteroatoms. The predicted molar refractivity (Wildman–Crippen MR) is 87.4 cm³/mol. The lowest BCUT2D eigenvalue weighted by molar-refractivity contribution is 0.302. The van der Waals surface area contributed by atoms with Crippen LogP contribution in [-0.4, -0.2) is 34.6 Å². The summed E-state index contributed by atoms with van der Waals surface area (Å²) in [6.07, 6.45) is 5.43. The third kappa shape index (κ3) is 4.10. The van der Waals surface area contributed by atoms with Crippen molar-refractivity contribution < 1.29 is 5.11 Å². The van der Waals surface area contributed by atoms with Crippen molar-refractivity contribution in [3.05, 3.63) is 48.8 Å². The number of aromatic nitrogens is 2. The smallest absolute Gasteiger partial charge is 0.0606 e. The van der Waals surface area contributed by atoms with Crippen LogP contribution in [0.3, 0.4) is 0 Å². The van der Waals surface area contributed by atoms with E-state index in [0.29, 0.717) is 6.54 Å². The fourth-order valence-electron chi connectivity index (χ4n) is 2.15. The number of nitrogens with one attached hydrogen (secondary N) is 1. The minimum absolute atomic E-state index is 0.168. The summed E-state index contributed by atoms with van der Waals surface area (Å²) in [5, 5.41) is 16.6. The number of benzene rings is 1. The van der Waals surface area contributed by atoms with Crippen molar-refractivity contribution >= 4 is 17.6 Å². The summed E-state index contributed by atoms with van der Waals surface area (Å²) in [6.45, 7) is 8.18. The van der Waals surface area contributed by atoms with Crippen LogP contribution >= 0.6 is 0 Å². The lowest BCUT2D eigenvalue weighted by atomic mass is 10.2. The second kappa shape index (κ2) is 7.50. The van der Waals surface area contributed by atoms with E-state index < -0.39 is 0 Å². The number of hydrogen-bond acceptors (Lipinski definition) is 4. The molecule has 0 bridgehead atoms. The summed E-state index contributed by atoms with van der Waals surface area (Å²) in [5.74, 6) is 0. The summed E-state index contributed by atoms with van der Waals surface area (Å²) in [6, 6.07) is 8.23. The molecule has 2 N–H and O–H groups in total. The van der Waals surface area contributed by atoms with Crippen LogP contribution in [0.4, 0.5) is 11.4 Å². The maximum absolute atomic E-state index is 9.05. The van der Waals surface area contributed by atoms with E-state index in [0.717, 1.165) is 30.0 Å². The van der Waals surface area contributed by atoms with Crippen LogP contribution in [0.2, 0.25) is 0 Å². The molecule has 0 saturated carbocycles. The minimum Gasteiger partial charge on any atom is -0.395 e. The first-order valence-electron chi connectivity index (χ1n) is 7.12. The molecule has 0 saturated heterocycles. The van der Waals surface area contributed by atoms with E-state index in [1.807, 2.05) is 24.5 Å². The van der Waals surface area contributed by atoms with E-state index in [1.54, 1.807) is 10.9 Å². The zero-order valence-electron chi connectivity index (χ0n) is 12.4. The number of aliphatic hydroxyl groups excluding tert-OH is 1. The van der Waals surface area contributed by atoms with E-state index in [-0.39, 0.29) is 6.61 Å². The first-order chi connectivity index (χ1) is 10.3. The Kier molecular flexibility index (Phi) is 5.40. The van der Waals surface area contributed by atoms with Gasteiger partial charge in [-0.1, -0.05) is 6.58 Å². The number of likely N-dealkylation sites (N-methyl/N-ethyl adjacent to an activating group) is 1. The van der Waals surface area contributed by atoms with Crippen LogP contribution in [0.1, 0.15) is 12.5 Å². The Morgan fingerprint density at radius 1 is 1.38 bits per heavy atom. The number of nitrogens with zero attached hydrogens (tertiary/aromatic N) is 3. The Morgan fingerprint density at radius 3 is 2.71 bits per heavy atom. The van der Waals surface area contributed by atoms with E-state index in [1.165, 1.54) is 0 Å². The first kappa shape index (κ1) is 15.1. The zero-order valence-corrected chi connectivity index (χ0v) is 12.4. The molecule has 1 heterocycles. The third-order valence-corrected chi connectivity index (χ3v) is 3.32. The van der Waals surface area contributed by atoms with Crippen LogP contribution in [0.25, 0.3) is 6.20 Å². The van der Waals surface area contributed by atoms with Gasteiger partial charge in [-0.25, -0.2) is 4.68 Å². The van der Waals surface area contributed by atoms with Crippen molar-refractivity contribution in [3.8, 4) is 0 Å². The summed E-state index contributed by atoms with van der Waals surface area (Å²) in [7, 11) is 0. The summed E-state index contributed by atoms with van der Waals surface area (Å²) < 4.78 is 1.69. The molecule has 0 aliphatic rings. The van der Waals surface area contributed by atoms with Crippen LogP contribution in [0.5, 0.6) is 0 Å². The molecule has 5 nitrogen and oxygen atoms in total. The molecule has 0 spiro atoms.